The largest absolute Gasteiger partial charge is 0.462 e. The monoisotopic (exact) mass is 1010 g/mol. The minimum atomic E-state index is -0.789. The van der Waals surface area contributed by atoms with Gasteiger partial charge in [0, 0.05) is 19.3 Å². The van der Waals surface area contributed by atoms with E-state index >= 15 is 0 Å². The Bertz CT molecular complexity index is 1440. The number of carbonyl (C=O) groups is 3. The molecule has 0 rings (SSSR count). The summed E-state index contributed by atoms with van der Waals surface area (Å²) in [5, 5.41) is 0. The molecule has 0 N–H and O–H groups in total. The molecule has 0 aliphatic carbocycles. The molecule has 1 unspecified atom stereocenters. The van der Waals surface area contributed by atoms with Crippen LogP contribution >= 0.6 is 0 Å². The average molecular weight is 1020 g/mol. The lowest BCUT2D eigenvalue weighted by atomic mass is 10.0. The van der Waals surface area contributed by atoms with Gasteiger partial charge in [-0.2, -0.15) is 0 Å². The molecule has 0 heterocycles. The Kier molecular flexibility index (Phi) is 57.8. The zero-order chi connectivity index (χ0) is 52.9. The zero-order valence-electron chi connectivity index (χ0n) is 47.9. The lowest BCUT2D eigenvalue weighted by molar-refractivity contribution is -0.167. The van der Waals surface area contributed by atoms with E-state index in [1.54, 1.807) is 0 Å². The molecule has 0 radical (unpaired) electrons. The third-order valence-corrected chi connectivity index (χ3v) is 13.0. The number of esters is 3. The smallest absolute Gasteiger partial charge is 0.306 e. The molecule has 0 aromatic rings. The van der Waals surface area contributed by atoms with Crippen molar-refractivity contribution in [1.82, 2.24) is 0 Å². The number of carbonyl (C=O) groups excluding carboxylic acids is 3. The molecule has 0 saturated heterocycles. The summed E-state index contributed by atoms with van der Waals surface area (Å²) in [6.07, 6.45) is 81.2. The maximum atomic E-state index is 12.9. The highest BCUT2D eigenvalue weighted by molar-refractivity contribution is 5.71. The topological polar surface area (TPSA) is 78.9 Å². The highest BCUT2D eigenvalue weighted by atomic mass is 16.6. The zero-order valence-corrected chi connectivity index (χ0v) is 47.9. The summed E-state index contributed by atoms with van der Waals surface area (Å²) in [4.78, 5) is 38.2. The van der Waals surface area contributed by atoms with Crippen LogP contribution in [0.25, 0.3) is 0 Å². The second kappa shape index (κ2) is 60.9. The van der Waals surface area contributed by atoms with Crippen molar-refractivity contribution in [2.45, 2.75) is 297 Å². The van der Waals surface area contributed by atoms with Crippen molar-refractivity contribution in [2.24, 2.45) is 0 Å². The molecule has 6 nitrogen and oxygen atoms in total. The molecule has 1 atom stereocenters. The summed E-state index contributed by atoms with van der Waals surface area (Å²) in [5.41, 5.74) is 0. The fourth-order valence-electron chi connectivity index (χ4n) is 8.42. The summed E-state index contributed by atoms with van der Waals surface area (Å²) in [6.45, 7) is 6.46. The first-order valence-electron chi connectivity index (χ1n) is 30.7. The molecule has 0 amide bonds. The highest BCUT2D eigenvalue weighted by Crippen LogP contribution is 2.16. The predicted octanol–water partition coefficient (Wildman–Crippen LogP) is 20.9. The Morgan fingerprint density at radius 2 is 0.548 bits per heavy atom. The summed E-state index contributed by atoms with van der Waals surface area (Å²) in [5.74, 6) is -0.904. The van der Waals surface area contributed by atoms with Gasteiger partial charge in [0.2, 0.25) is 0 Å². The number of hydrogen-bond donors (Lipinski definition) is 0. The van der Waals surface area contributed by atoms with E-state index in [0.717, 1.165) is 116 Å². The molecule has 418 valence electrons. The van der Waals surface area contributed by atoms with Crippen LogP contribution in [0.1, 0.15) is 290 Å². The van der Waals surface area contributed by atoms with Gasteiger partial charge in [0.1, 0.15) is 13.2 Å². The Labute approximate surface area is 451 Å². The van der Waals surface area contributed by atoms with E-state index in [2.05, 4.69) is 118 Å². The number of ether oxygens (including phenoxy) is 3. The number of hydrogen-bond acceptors (Lipinski definition) is 6. The normalized spacial score (nSPS) is 12.8. The van der Waals surface area contributed by atoms with Crippen LogP contribution in [0.4, 0.5) is 0 Å². The predicted molar refractivity (Wildman–Crippen MR) is 316 cm³/mol. The lowest BCUT2D eigenvalue weighted by Gasteiger charge is -2.18. The molecule has 0 aromatic heterocycles. The van der Waals surface area contributed by atoms with E-state index in [-0.39, 0.29) is 31.1 Å². The maximum Gasteiger partial charge on any atom is 0.306 e. The third-order valence-electron chi connectivity index (χ3n) is 13.0. The van der Waals surface area contributed by atoms with Gasteiger partial charge in [-0.25, -0.2) is 0 Å². The van der Waals surface area contributed by atoms with Crippen molar-refractivity contribution in [1.29, 1.82) is 0 Å². The highest BCUT2D eigenvalue weighted by Gasteiger charge is 2.19. The lowest BCUT2D eigenvalue weighted by Crippen LogP contribution is -2.30. The molecule has 0 spiro atoms. The minimum Gasteiger partial charge on any atom is -0.462 e. The van der Waals surface area contributed by atoms with Gasteiger partial charge in [-0.05, 0) is 116 Å². The summed E-state index contributed by atoms with van der Waals surface area (Å²) in [6, 6.07) is 0. The van der Waals surface area contributed by atoms with Gasteiger partial charge in [-0.15, -0.1) is 0 Å². The van der Waals surface area contributed by atoms with Gasteiger partial charge in [0.25, 0.3) is 0 Å². The van der Waals surface area contributed by atoms with Crippen LogP contribution in [-0.2, 0) is 28.6 Å². The standard InChI is InChI=1S/C67H114O6/c1-4-7-10-13-16-19-22-24-26-28-30-31-32-33-34-35-37-38-40-42-45-48-51-54-57-60-66(69)72-63-64(62-71-65(68)59-56-53-50-47-44-21-18-15-12-9-6-3)73-67(70)61-58-55-52-49-46-43-41-39-36-29-27-25-23-20-17-14-11-8-5-2/h7,10,15-20,24-27,30-31,36,39,64H,4-6,8-9,11-14,21-23,28-29,32-35,37-38,40-63H2,1-3H3/b10-7-,18-15-,19-16-,20-17-,26-24-,27-25-,31-30-,39-36-. The number of allylic oxidation sites excluding steroid dienone is 16. The number of rotatable bonds is 55. The van der Waals surface area contributed by atoms with E-state index in [4.69, 9.17) is 14.2 Å². The molecule has 0 bridgehead atoms. The molecular weight excluding hydrogens is 901 g/mol. The fraction of sp³-hybridized carbons (Fsp3) is 0.716. The van der Waals surface area contributed by atoms with E-state index in [0.29, 0.717) is 19.3 Å². The first-order valence-corrected chi connectivity index (χ1v) is 30.7. The van der Waals surface area contributed by atoms with Gasteiger partial charge < -0.3 is 14.2 Å². The van der Waals surface area contributed by atoms with Crippen molar-refractivity contribution in [3.05, 3.63) is 97.2 Å². The molecule has 0 fully saturated rings. The van der Waals surface area contributed by atoms with E-state index in [1.165, 1.54) is 135 Å². The van der Waals surface area contributed by atoms with Gasteiger partial charge in [-0.3, -0.25) is 14.4 Å². The molecule has 0 saturated carbocycles. The van der Waals surface area contributed by atoms with Crippen LogP contribution in [-0.4, -0.2) is 37.2 Å². The van der Waals surface area contributed by atoms with Gasteiger partial charge in [0.05, 0.1) is 0 Å². The maximum absolute atomic E-state index is 12.9. The van der Waals surface area contributed by atoms with E-state index in [1.807, 2.05) is 0 Å². The van der Waals surface area contributed by atoms with Crippen molar-refractivity contribution >= 4 is 17.9 Å². The van der Waals surface area contributed by atoms with Crippen LogP contribution in [0, 0.1) is 0 Å². The summed E-state index contributed by atoms with van der Waals surface area (Å²) < 4.78 is 16.9. The van der Waals surface area contributed by atoms with Crippen molar-refractivity contribution < 1.29 is 28.6 Å². The second-order valence-electron chi connectivity index (χ2n) is 20.2. The first-order chi connectivity index (χ1) is 36.0. The molecule has 0 aromatic carbocycles. The van der Waals surface area contributed by atoms with E-state index < -0.39 is 6.10 Å². The molecule has 0 aliphatic rings. The molecule has 0 aliphatic heterocycles. The molecule has 6 heteroatoms. The van der Waals surface area contributed by atoms with Gasteiger partial charge >= 0.3 is 17.9 Å². The van der Waals surface area contributed by atoms with Gasteiger partial charge in [-0.1, -0.05) is 253 Å². The third kappa shape index (κ3) is 59.1. The fourth-order valence-corrected chi connectivity index (χ4v) is 8.42. The summed E-state index contributed by atoms with van der Waals surface area (Å²) >= 11 is 0. The average Bonchev–Trinajstić information content (AvgIpc) is 3.39. The van der Waals surface area contributed by atoms with Crippen LogP contribution in [0.2, 0.25) is 0 Å². The van der Waals surface area contributed by atoms with Crippen molar-refractivity contribution in [3.8, 4) is 0 Å². The SMILES string of the molecule is CC/C=C\C/C=C\C/C=C\C/C=C\CCCCCCCCCCCCCCC(=O)OCC(COC(=O)CCCCCCC/C=C\CCCC)OC(=O)CCCCCCCC/C=C\C/C=C\C/C=C\CCCCC. The minimum absolute atomic E-state index is 0.0860. The van der Waals surface area contributed by atoms with E-state index in [9.17, 15) is 14.4 Å². The Morgan fingerprint density at radius 3 is 0.890 bits per heavy atom. The quantitative estimate of drug-likeness (QED) is 0.0261. The van der Waals surface area contributed by atoms with Crippen molar-refractivity contribution in [3.63, 3.8) is 0 Å². The van der Waals surface area contributed by atoms with Crippen LogP contribution in [0.3, 0.4) is 0 Å². The van der Waals surface area contributed by atoms with Crippen LogP contribution in [0.5, 0.6) is 0 Å². The van der Waals surface area contributed by atoms with Gasteiger partial charge in [0.15, 0.2) is 6.10 Å². The van der Waals surface area contributed by atoms with Crippen molar-refractivity contribution in [2.75, 3.05) is 13.2 Å². The van der Waals surface area contributed by atoms with Crippen LogP contribution in [0.15, 0.2) is 97.2 Å². The Balaban J connectivity index is 4.30. The second-order valence-corrected chi connectivity index (χ2v) is 20.2. The molecular formula is C67H114O6. The number of unbranched alkanes of at least 4 members (excludes halogenated alkanes) is 28. The summed E-state index contributed by atoms with van der Waals surface area (Å²) in [7, 11) is 0. The Morgan fingerprint density at radius 1 is 0.288 bits per heavy atom. The molecule has 73 heavy (non-hydrogen) atoms. The Hall–Kier alpha value is -3.67. The first kappa shape index (κ1) is 69.3. The van der Waals surface area contributed by atoms with Crippen LogP contribution < -0.4 is 0 Å².